The largest absolute Gasteiger partial charge is 0.416 e. The van der Waals surface area contributed by atoms with Gasteiger partial charge in [-0.25, -0.2) is 4.98 Å². The minimum atomic E-state index is -4.49. The molecule has 0 amide bonds. The van der Waals surface area contributed by atoms with Crippen molar-refractivity contribution in [1.29, 1.82) is 0 Å². The number of hydrogen-bond acceptors (Lipinski definition) is 5. The van der Waals surface area contributed by atoms with Gasteiger partial charge in [0.05, 0.1) is 5.56 Å². The minimum Gasteiger partial charge on any atom is -0.341 e. The molecule has 0 unspecified atom stereocenters. The van der Waals surface area contributed by atoms with Crippen LogP contribution < -0.4 is 10.6 Å². The maximum atomic E-state index is 13.0. The highest BCUT2D eigenvalue weighted by Crippen LogP contribution is 2.38. The van der Waals surface area contributed by atoms with Gasteiger partial charge in [-0.05, 0) is 25.0 Å². The van der Waals surface area contributed by atoms with Crippen LogP contribution in [0.1, 0.15) is 24.2 Å². The van der Waals surface area contributed by atoms with Crippen molar-refractivity contribution < 1.29 is 13.2 Å². The van der Waals surface area contributed by atoms with Gasteiger partial charge in [0.25, 0.3) is 0 Å². The van der Waals surface area contributed by atoms with Crippen LogP contribution in [0.3, 0.4) is 0 Å². The molecule has 5 nitrogen and oxygen atoms in total. The number of anilines is 1. The summed E-state index contributed by atoms with van der Waals surface area (Å²) in [5.41, 5.74) is 5.24. The zero-order chi connectivity index (χ0) is 19.8. The average molecular weight is 441 g/mol. The van der Waals surface area contributed by atoms with Gasteiger partial charge >= 0.3 is 6.18 Å². The number of nitrogens with two attached hydrogens (primary N) is 1. The van der Waals surface area contributed by atoms with E-state index in [1.165, 1.54) is 12.1 Å². The van der Waals surface area contributed by atoms with E-state index in [-0.39, 0.29) is 29.2 Å². The average Bonchev–Trinajstić information content (AvgIpc) is 2.60. The summed E-state index contributed by atoms with van der Waals surface area (Å²) < 4.78 is 37.1. The fourth-order valence-electron chi connectivity index (χ4n) is 2.70. The molecule has 3 rings (SSSR count). The molecule has 0 radical (unpaired) electrons. The maximum absolute atomic E-state index is 13.0. The summed E-state index contributed by atoms with van der Waals surface area (Å²) in [6.07, 6.45) is -3.03. The smallest absolute Gasteiger partial charge is 0.341 e. The van der Waals surface area contributed by atoms with Crippen LogP contribution in [-0.2, 0) is 9.97 Å². The Hall–Kier alpha value is -1.35. The number of piperidine rings is 1. The van der Waals surface area contributed by atoms with Crippen LogP contribution in [-0.4, -0.2) is 34.1 Å². The number of hydrogen-bond donors (Lipinski definition) is 1. The molecule has 2 N–H and O–H groups in total. The maximum Gasteiger partial charge on any atom is 0.416 e. The molecule has 0 spiro atoms. The predicted molar refractivity (Wildman–Crippen MR) is 98.9 cm³/mol. The molecule has 146 valence electrons. The van der Waals surface area contributed by atoms with Gasteiger partial charge < -0.3 is 10.6 Å². The summed E-state index contributed by atoms with van der Waals surface area (Å²) in [5, 5.41) is 0. The lowest BCUT2D eigenvalue weighted by Gasteiger charge is -2.30. The van der Waals surface area contributed by atoms with Crippen LogP contribution in [0.25, 0.3) is 11.4 Å². The van der Waals surface area contributed by atoms with E-state index in [0.717, 1.165) is 25.0 Å². The van der Waals surface area contributed by atoms with Gasteiger partial charge in [-0.1, -0.05) is 46.9 Å². The second-order valence-corrected chi connectivity index (χ2v) is 8.46. The number of rotatable bonds is 2. The van der Waals surface area contributed by atoms with Crippen molar-refractivity contribution >= 4 is 40.8 Å². The topological polar surface area (TPSA) is 67.9 Å². The van der Waals surface area contributed by atoms with E-state index in [9.17, 15) is 13.2 Å². The minimum absolute atomic E-state index is 0.00213. The van der Waals surface area contributed by atoms with Crippen molar-refractivity contribution in [3.8, 4) is 11.4 Å². The molecule has 1 saturated heterocycles. The lowest BCUT2D eigenvalue weighted by molar-refractivity contribution is -0.137. The van der Waals surface area contributed by atoms with E-state index in [0.29, 0.717) is 13.1 Å². The van der Waals surface area contributed by atoms with Gasteiger partial charge in [0, 0.05) is 24.7 Å². The molecule has 1 aliphatic heterocycles. The summed E-state index contributed by atoms with van der Waals surface area (Å²) >= 11 is 17.7. The summed E-state index contributed by atoms with van der Waals surface area (Å²) in [6, 6.07) is 4.73. The van der Waals surface area contributed by atoms with E-state index in [2.05, 4.69) is 15.0 Å². The van der Waals surface area contributed by atoms with E-state index in [1.54, 1.807) is 0 Å². The van der Waals surface area contributed by atoms with Crippen molar-refractivity contribution in [2.75, 3.05) is 18.0 Å². The third kappa shape index (κ3) is 4.93. The fraction of sp³-hybridized carbons (Fsp3) is 0.438. The van der Waals surface area contributed by atoms with Crippen LogP contribution >= 0.6 is 34.8 Å². The molecule has 1 aliphatic rings. The monoisotopic (exact) mass is 439 g/mol. The van der Waals surface area contributed by atoms with Crippen LogP contribution in [0.4, 0.5) is 19.1 Å². The summed E-state index contributed by atoms with van der Waals surface area (Å²) in [4.78, 5) is 14.4. The summed E-state index contributed by atoms with van der Waals surface area (Å²) in [6.45, 7) is 1.18. The third-order valence-electron chi connectivity index (χ3n) is 4.15. The van der Waals surface area contributed by atoms with Crippen LogP contribution in [0.5, 0.6) is 0 Å². The molecule has 11 heteroatoms. The molecule has 2 aromatic rings. The molecule has 0 atom stereocenters. The molecule has 1 aromatic carbocycles. The first kappa shape index (κ1) is 20.4. The van der Waals surface area contributed by atoms with Crippen LogP contribution in [0.15, 0.2) is 24.3 Å². The Bertz CT molecular complexity index is 818. The Morgan fingerprint density at radius 1 is 1.04 bits per heavy atom. The first-order chi connectivity index (χ1) is 12.5. The van der Waals surface area contributed by atoms with E-state index < -0.39 is 15.5 Å². The summed E-state index contributed by atoms with van der Waals surface area (Å²) in [7, 11) is 0. The van der Waals surface area contributed by atoms with Crippen LogP contribution in [0.2, 0.25) is 0 Å². The third-order valence-corrected chi connectivity index (χ3v) is 4.65. The number of nitrogens with zero attached hydrogens (tertiary/aromatic N) is 4. The molecule has 1 aromatic heterocycles. The van der Waals surface area contributed by atoms with Gasteiger partial charge in [-0.15, -0.1) is 0 Å². The predicted octanol–water partition coefficient (Wildman–Crippen LogP) is 4.31. The van der Waals surface area contributed by atoms with Crippen molar-refractivity contribution in [1.82, 2.24) is 15.0 Å². The van der Waals surface area contributed by atoms with Gasteiger partial charge in [0.2, 0.25) is 9.74 Å². The number of aromatic nitrogens is 3. The SMILES string of the molecule is NC1CCN(c2nc(-c3cccc(C(F)(F)F)c3)nc(C(Cl)(Cl)Cl)n2)CC1. The van der Waals surface area contributed by atoms with E-state index in [4.69, 9.17) is 40.5 Å². The van der Waals surface area contributed by atoms with Gasteiger partial charge in [-0.2, -0.15) is 23.1 Å². The molecule has 0 aliphatic carbocycles. The highest BCUT2D eigenvalue weighted by molar-refractivity contribution is 6.66. The Kier molecular flexibility index (Phi) is 5.72. The molecule has 0 saturated carbocycles. The number of alkyl halides is 6. The first-order valence-electron chi connectivity index (χ1n) is 8.05. The van der Waals surface area contributed by atoms with Crippen molar-refractivity contribution in [2.24, 2.45) is 5.73 Å². The van der Waals surface area contributed by atoms with Crippen molar-refractivity contribution in [2.45, 2.75) is 28.9 Å². The quantitative estimate of drug-likeness (QED) is 0.705. The Morgan fingerprint density at radius 2 is 1.70 bits per heavy atom. The van der Waals surface area contributed by atoms with Crippen molar-refractivity contribution in [3.05, 3.63) is 35.7 Å². The fourth-order valence-corrected chi connectivity index (χ4v) is 2.95. The van der Waals surface area contributed by atoms with Gasteiger partial charge in [0.15, 0.2) is 11.6 Å². The highest BCUT2D eigenvalue weighted by atomic mass is 35.6. The van der Waals surface area contributed by atoms with Crippen LogP contribution in [0, 0.1) is 0 Å². The van der Waals surface area contributed by atoms with Gasteiger partial charge in [0.1, 0.15) is 0 Å². The molecular formula is C16H15Cl3F3N5. The van der Waals surface area contributed by atoms with E-state index in [1.807, 2.05) is 4.90 Å². The number of halogens is 6. The lowest BCUT2D eigenvalue weighted by atomic mass is 10.1. The molecule has 1 fully saturated rings. The second kappa shape index (κ2) is 7.58. The highest BCUT2D eigenvalue weighted by Gasteiger charge is 2.32. The molecule has 2 heterocycles. The summed E-state index contributed by atoms with van der Waals surface area (Å²) in [5.74, 6) is 0.0905. The zero-order valence-electron chi connectivity index (χ0n) is 13.8. The first-order valence-corrected chi connectivity index (χ1v) is 9.19. The Balaban J connectivity index is 2.06. The Labute approximate surface area is 168 Å². The second-order valence-electron chi connectivity index (χ2n) is 6.18. The van der Waals surface area contributed by atoms with Gasteiger partial charge in [-0.3, -0.25) is 0 Å². The van der Waals surface area contributed by atoms with Crippen molar-refractivity contribution in [3.63, 3.8) is 0 Å². The Morgan fingerprint density at radius 3 is 2.30 bits per heavy atom. The zero-order valence-corrected chi connectivity index (χ0v) is 16.1. The normalized spacial score (nSPS) is 16.6. The molecule has 27 heavy (non-hydrogen) atoms. The standard InChI is InChI=1S/C16H15Cl3F3N5/c17-15(18,19)13-24-12(9-2-1-3-10(8-9)16(20,21)22)25-14(26-13)27-6-4-11(23)5-7-27/h1-3,8,11H,4-7,23H2. The number of benzene rings is 1. The molecular weight excluding hydrogens is 426 g/mol. The lowest BCUT2D eigenvalue weighted by Crippen LogP contribution is -2.40. The van der Waals surface area contributed by atoms with E-state index >= 15 is 0 Å². The molecule has 0 bridgehead atoms.